The van der Waals surface area contributed by atoms with Gasteiger partial charge in [-0.25, -0.2) is 4.79 Å². The van der Waals surface area contributed by atoms with Crippen molar-refractivity contribution in [1.82, 2.24) is 16.0 Å². The van der Waals surface area contributed by atoms with Crippen molar-refractivity contribution < 1.29 is 29.1 Å². The highest BCUT2D eigenvalue weighted by Crippen LogP contribution is 2.10. The molecule has 0 fully saturated rings. The molecule has 0 aromatic rings. The number of carboxylic acid groups (broad SMARTS) is 1. The molecule has 0 saturated heterocycles. The molecule has 0 aliphatic heterocycles. The minimum Gasteiger partial charge on any atom is -0.480 e. The van der Waals surface area contributed by atoms with Gasteiger partial charge in [0.05, 0.1) is 12.5 Å². The molecule has 0 radical (unpaired) electrons. The van der Waals surface area contributed by atoms with Crippen LogP contribution in [0.2, 0.25) is 0 Å². The Labute approximate surface area is 170 Å². The molecule has 0 aromatic heterocycles. The minimum atomic E-state index is -1.20. The van der Waals surface area contributed by atoms with E-state index >= 15 is 0 Å². The van der Waals surface area contributed by atoms with Gasteiger partial charge in [-0.15, -0.1) is 0 Å². The van der Waals surface area contributed by atoms with Gasteiger partial charge in [-0.3, -0.25) is 19.2 Å². The molecule has 8 N–H and O–H groups in total. The third-order valence-corrected chi connectivity index (χ3v) is 4.53. The topological polar surface area (TPSA) is 194 Å². The lowest BCUT2D eigenvalue weighted by atomic mass is 9.96. The molecule has 0 heterocycles. The van der Waals surface area contributed by atoms with Crippen LogP contribution in [0.1, 0.15) is 47.5 Å². The van der Waals surface area contributed by atoms with E-state index in [9.17, 15) is 29.1 Å². The Morgan fingerprint density at radius 3 is 1.79 bits per heavy atom. The van der Waals surface area contributed by atoms with Gasteiger partial charge in [0.1, 0.15) is 18.1 Å². The molecular formula is C18H33N5O6. The number of primary amides is 1. The summed E-state index contributed by atoms with van der Waals surface area (Å²) in [5, 5.41) is 16.6. The molecule has 166 valence electrons. The molecule has 5 atom stereocenters. The van der Waals surface area contributed by atoms with Crippen molar-refractivity contribution in [2.45, 2.75) is 71.6 Å². The number of amides is 4. The van der Waals surface area contributed by atoms with Crippen LogP contribution < -0.4 is 27.4 Å². The summed E-state index contributed by atoms with van der Waals surface area (Å²) in [6.45, 7) is 8.26. The normalized spacial score (nSPS) is 16.1. The molecule has 0 saturated carbocycles. The van der Waals surface area contributed by atoms with Crippen LogP contribution >= 0.6 is 0 Å². The highest BCUT2D eigenvalue weighted by atomic mass is 16.4. The second kappa shape index (κ2) is 12.0. The van der Waals surface area contributed by atoms with Gasteiger partial charge in [0.25, 0.3) is 0 Å². The summed E-state index contributed by atoms with van der Waals surface area (Å²) in [6, 6.07) is -4.33. The van der Waals surface area contributed by atoms with Gasteiger partial charge in [0.15, 0.2) is 0 Å². The largest absolute Gasteiger partial charge is 0.480 e. The fraction of sp³-hybridized carbons (Fsp3) is 0.722. The Balaban J connectivity index is 5.15. The Bertz CT molecular complexity index is 624. The number of rotatable bonds is 12. The summed E-state index contributed by atoms with van der Waals surface area (Å²) in [5.41, 5.74) is 10.5. The average molecular weight is 415 g/mol. The Hall–Kier alpha value is -2.69. The quantitative estimate of drug-likeness (QED) is 0.222. The molecular weight excluding hydrogens is 382 g/mol. The summed E-state index contributed by atoms with van der Waals surface area (Å²) in [7, 11) is 0. The highest BCUT2D eigenvalue weighted by molar-refractivity contribution is 5.94. The maximum absolute atomic E-state index is 12.6. The van der Waals surface area contributed by atoms with E-state index in [2.05, 4.69) is 16.0 Å². The fourth-order valence-corrected chi connectivity index (χ4v) is 2.43. The van der Waals surface area contributed by atoms with Crippen molar-refractivity contribution in [2.24, 2.45) is 23.3 Å². The third kappa shape index (κ3) is 8.90. The van der Waals surface area contributed by atoms with Gasteiger partial charge in [0.2, 0.25) is 23.6 Å². The molecule has 0 aromatic carbocycles. The molecule has 5 unspecified atom stereocenters. The van der Waals surface area contributed by atoms with Crippen LogP contribution in [0.25, 0.3) is 0 Å². The first-order chi connectivity index (χ1) is 13.3. The second-order valence-electron chi connectivity index (χ2n) is 7.45. The average Bonchev–Trinajstić information content (AvgIpc) is 2.61. The molecule has 11 heteroatoms. The molecule has 11 nitrogen and oxygen atoms in total. The van der Waals surface area contributed by atoms with E-state index in [1.807, 2.05) is 6.92 Å². The van der Waals surface area contributed by atoms with Gasteiger partial charge in [-0.05, 0) is 18.8 Å². The van der Waals surface area contributed by atoms with E-state index in [4.69, 9.17) is 11.5 Å². The maximum Gasteiger partial charge on any atom is 0.326 e. The summed E-state index contributed by atoms with van der Waals surface area (Å²) in [4.78, 5) is 59.2. The molecule has 29 heavy (non-hydrogen) atoms. The third-order valence-electron chi connectivity index (χ3n) is 4.53. The van der Waals surface area contributed by atoms with E-state index in [0.29, 0.717) is 6.42 Å². The van der Waals surface area contributed by atoms with Crippen molar-refractivity contribution in [3.05, 3.63) is 0 Å². The Kier molecular flexibility index (Phi) is 10.9. The number of nitrogens with one attached hydrogen (secondary N) is 3. The predicted octanol–water partition coefficient (Wildman–Crippen LogP) is -1.55. The van der Waals surface area contributed by atoms with Gasteiger partial charge in [0, 0.05) is 0 Å². The van der Waals surface area contributed by atoms with Crippen LogP contribution in [0.5, 0.6) is 0 Å². The maximum atomic E-state index is 12.6. The van der Waals surface area contributed by atoms with E-state index in [1.54, 1.807) is 20.8 Å². The van der Waals surface area contributed by atoms with Crippen molar-refractivity contribution in [3.8, 4) is 0 Å². The predicted molar refractivity (Wildman–Crippen MR) is 105 cm³/mol. The van der Waals surface area contributed by atoms with Crippen LogP contribution in [0.4, 0.5) is 0 Å². The lowest BCUT2D eigenvalue weighted by Crippen LogP contribution is -2.58. The zero-order chi connectivity index (χ0) is 22.9. The molecule has 0 aliphatic rings. The Morgan fingerprint density at radius 2 is 1.38 bits per heavy atom. The molecule has 0 rings (SSSR count). The number of aliphatic carboxylic acids is 1. The molecule has 4 amide bonds. The minimum absolute atomic E-state index is 0.291. The first-order valence-corrected chi connectivity index (χ1v) is 9.49. The number of carbonyl (C=O) groups is 5. The number of carbonyl (C=O) groups excluding carboxylic acids is 4. The monoisotopic (exact) mass is 415 g/mol. The smallest absolute Gasteiger partial charge is 0.326 e. The fourth-order valence-electron chi connectivity index (χ4n) is 2.43. The van der Waals surface area contributed by atoms with Crippen LogP contribution in [-0.4, -0.2) is 58.9 Å². The summed E-state index contributed by atoms with van der Waals surface area (Å²) in [6.07, 6.45) is 0.172. The molecule has 0 aliphatic carbocycles. The first kappa shape index (κ1) is 26.3. The zero-order valence-electron chi connectivity index (χ0n) is 17.5. The van der Waals surface area contributed by atoms with E-state index < -0.39 is 53.8 Å². The molecule has 0 spiro atoms. The standard InChI is InChI=1S/C18H33N5O6/c1-6-9(4)14(17(27)22-13(8(2)3)18(28)29)23-15(25)10(5)21-16(26)11(19)7-12(20)24/h8-11,13-14H,6-7,19H2,1-5H3,(H2,20,24)(H,21,26)(H,22,27)(H,23,25)(H,28,29). The summed E-state index contributed by atoms with van der Waals surface area (Å²) < 4.78 is 0. The second-order valence-corrected chi connectivity index (χ2v) is 7.45. The number of nitrogens with two attached hydrogens (primary N) is 2. The number of carboxylic acids is 1. The van der Waals surface area contributed by atoms with Crippen LogP contribution in [-0.2, 0) is 24.0 Å². The highest BCUT2D eigenvalue weighted by Gasteiger charge is 2.32. The number of hydrogen-bond donors (Lipinski definition) is 6. The van der Waals surface area contributed by atoms with Gasteiger partial charge in [-0.2, -0.15) is 0 Å². The van der Waals surface area contributed by atoms with Crippen molar-refractivity contribution >= 4 is 29.6 Å². The van der Waals surface area contributed by atoms with Gasteiger partial charge < -0.3 is 32.5 Å². The van der Waals surface area contributed by atoms with Crippen LogP contribution in [0.15, 0.2) is 0 Å². The van der Waals surface area contributed by atoms with E-state index in [1.165, 1.54) is 6.92 Å². The first-order valence-electron chi connectivity index (χ1n) is 9.49. The number of hydrogen-bond acceptors (Lipinski definition) is 6. The van der Waals surface area contributed by atoms with Crippen molar-refractivity contribution in [3.63, 3.8) is 0 Å². The Morgan fingerprint density at radius 1 is 0.862 bits per heavy atom. The lowest BCUT2D eigenvalue weighted by molar-refractivity contribution is -0.144. The van der Waals surface area contributed by atoms with E-state index in [-0.39, 0.29) is 18.3 Å². The van der Waals surface area contributed by atoms with Crippen LogP contribution in [0, 0.1) is 11.8 Å². The van der Waals surface area contributed by atoms with E-state index in [0.717, 1.165) is 0 Å². The van der Waals surface area contributed by atoms with Crippen LogP contribution in [0.3, 0.4) is 0 Å². The molecule has 0 bridgehead atoms. The van der Waals surface area contributed by atoms with Crippen molar-refractivity contribution in [2.75, 3.05) is 0 Å². The lowest BCUT2D eigenvalue weighted by Gasteiger charge is -2.28. The summed E-state index contributed by atoms with van der Waals surface area (Å²) >= 11 is 0. The van der Waals surface area contributed by atoms with Gasteiger partial charge in [-0.1, -0.05) is 34.1 Å². The SMILES string of the molecule is CCC(C)C(NC(=O)C(C)NC(=O)C(N)CC(N)=O)C(=O)NC(C(=O)O)C(C)C. The summed E-state index contributed by atoms with van der Waals surface area (Å²) in [5.74, 6) is -4.58. The van der Waals surface area contributed by atoms with Gasteiger partial charge >= 0.3 is 5.97 Å². The van der Waals surface area contributed by atoms with Crippen molar-refractivity contribution in [1.29, 1.82) is 0 Å². The zero-order valence-corrected chi connectivity index (χ0v) is 17.5.